The van der Waals surface area contributed by atoms with Crippen LogP contribution in [0.2, 0.25) is 0 Å². The van der Waals surface area contributed by atoms with Crippen LogP contribution >= 0.6 is 0 Å². The van der Waals surface area contributed by atoms with Gasteiger partial charge >= 0.3 is 0 Å². The Bertz CT molecular complexity index is 1320. The summed E-state index contributed by atoms with van der Waals surface area (Å²) >= 11 is 0. The standard InChI is InChI=1S/C26H22FN5O2/c27-22-4-1-17(13-28)11-20(22)19-14-29-25(30-15-19)32-16-26(5-6-26)21-3-2-18(12-23(21)32)24(33)31-7-9-34-10-8-31/h1-4,11-12,14-15H,5-10,16H2. The molecular formula is C26H22FN5O2. The van der Waals surface area contributed by atoms with Crippen LogP contribution in [0, 0.1) is 17.1 Å². The van der Waals surface area contributed by atoms with Gasteiger partial charge in [-0.25, -0.2) is 14.4 Å². The van der Waals surface area contributed by atoms with Gasteiger partial charge in [0.1, 0.15) is 5.82 Å². The van der Waals surface area contributed by atoms with Gasteiger partial charge in [0, 0.05) is 59.8 Å². The van der Waals surface area contributed by atoms with E-state index < -0.39 is 5.82 Å². The van der Waals surface area contributed by atoms with E-state index in [4.69, 9.17) is 10.00 Å². The molecule has 3 heterocycles. The molecule has 3 aromatic rings. The number of nitriles is 1. The number of nitrogens with zero attached hydrogens (tertiary/aromatic N) is 5. The monoisotopic (exact) mass is 455 g/mol. The second kappa shape index (κ2) is 7.89. The van der Waals surface area contributed by atoms with Crippen LogP contribution in [-0.2, 0) is 10.2 Å². The van der Waals surface area contributed by atoms with E-state index in [2.05, 4.69) is 20.9 Å². The molecule has 0 unspecified atom stereocenters. The van der Waals surface area contributed by atoms with Crippen molar-refractivity contribution < 1.29 is 13.9 Å². The van der Waals surface area contributed by atoms with Crippen LogP contribution in [0.1, 0.15) is 34.3 Å². The number of aromatic nitrogens is 2. The summed E-state index contributed by atoms with van der Waals surface area (Å²) in [6, 6.07) is 12.2. The van der Waals surface area contributed by atoms with Crippen LogP contribution in [0.5, 0.6) is 0 Å². The van der Waals surface area contributed by atoms with E-state index in [9.17, 15) is 9.18 Å². The van der Waals surface area contributed by atoms with Crippen LogP contribution in [-0.4, -0.2) is 53.6 Å². The molecule has 1 amide bonds. The average Bonchev–Trinajstić information content (AvgIpc) is 3.60. The molecule has 1 aromatic heterocycles. The third-order valence-corrected chi connectivity index (χ3v) is 7.01. The highest BCUT2D eigenvalue weighted by Gasteiger charge is 2.52. The molecule has 7 nitrogen and oxygen atoms in total. The number of halogens is 1. The Balaban J connectivity index is 1.33. The Labute approximate surface area is 196 Å². The molecule has 0 bridgehead atoms. The van der Waals surface area contributed by atoms with Crippen LogP contribution in [0.25, 0.3) is 11.1 Å². The number of benzene rings is 2. The fourth-order valence-electron chi connectivity index (χ4n) is 4.93. The summed E-state index contributed by atoms with van der Waals surface area (Å²) in [5.74, 6) is 0.0959. The Morgan fingerprint density at radius 1 is 1.09 bits per heavy atom. The predicted molar refractivity (Wildman–Crippen MR) is 123 cm³/mol. The summed E-state index contributed by atoms with van der Waals surface area (Å²) in [5.41, 5.74) is 4.11. The first-order valence-electron chi connectivity index (χ1n) is 11.4. The highest BCUT2D eigenvalue weighted by Crippen LogP contribution is 2.57. The maximum absolute atomic E-state index is 14.4. The van der Waals surface area contributed by atoms with E-state index in [1.54, 1.807) is 12.4 Å². The lowest BCUT2D eigenvalue weighted by molar-refractivity contribution is 0.0303. The molecule has 1 spiro atoms. The topological polar surface area (TPSA) is 82.4 Å². The highest BCUT2D eigenvalue weighted by molar-refractivity contribution is 5.96. The van der Waals surface area contributed by atoms with Gasteiger partial charge in [0.05, 0.1) is 24.8 Å². The van der Waals surface area contributed by atoms with Crippen molar-refractivity contribution in [2.45, 2.75) is 18.3 Å². The third-order valence-electron chi connectivity index (χ3n) is 7.01. The van der Waals surface area contributed by atoms with Gasteiger partial charge in [0.2, 0.25) is 5.95 Å². The average molecular weight is 455 g/mol. The molecular weight excluding hydrogens is 433 g/mol. The quantitative estimate of drug-likeness (QED) is 0.597. The molecule has 1 saturated carbocycles. The van der Waals surface area contributed by atoms with Crippen molar-refractivity contribution in [3.05, 3.63) is 71.3 Å². The molecule has 0 atom stereocenters. The summed E-state index contributed by atoms with van der Waals surface area (Å²) in [5, 5.41) is 9.14. The molecule has 1 saturated heterocycles. The van der Waals surface area contributed by atoms with E-state index in [1.165, 1.54) is 23.8 Å². The van der Waals surface area contributed by atoms with Crippen LogP contribution in [0.3, 0.4) is 0 Å². The zero-order valence-corrected chi connectivity index (χ0v) is 18.5. The second-order valence-electron chi connectivity index (χ2n) is 9.08. The maximum atomic E-state index is 14.4. The summed E-state index contributed by atoms with van der Waals surface area (Å²) in [7, 11) is 0. The summed E-state index contributed by atoms with van der Waals surface area (Å²) < 4.78 is 19.7. The highest BCUT2D eigenvalue weighted by atomic mass is 19.1. The largest absolute Gasteiger partial charge is 0.378 e. The minimum atomic E-state index is -0.426. The minimum Gasteiger partial charge on any atom is -0.378 e. The summed E-state index contributed by atoms with van der Waals surface area (Å²) in [6.07, 6.45) is 5.36. The molecule has 3 aliphatic rings. The van der Waals surface area contributed by atoms with E-state index in [0.29, 0.717) is 54.5 Å². The molecule has 6 rings (SSSR count). The van der Waals surface area contributed by atoms with Gasteiger partial charge in [-0.05, 0) is 48.7 Å². The Kier molecular flexibility index (Phi) is 4.82. The van der Waals surface area contributed by atoms with E-state index in [-0.39, 0.29) is 11.3 Å². The molecule has 2 aliphatic heterocycles. The molecule has 2 fully saturated rings. The number of rotatable bonds is 3. The number of fused-ring (bicyclic) bond motifs is 2. The van der Waals surface area contributed by atoms with Crippen LogP contribution in [0.4, 0.5) is 16.0 Å². The molecule has 2 aromatic carbocycles. The summed E-state index contributed by atoms with van der Waals surface area (Å²) in [6.45, 7) is 3.07. The smallest absolute Gasteiger partial charge is 0.254 e. The number of amides is 1. The predicted octanol–water partition coefficient (Wildman–Crippen LogP) is 3.81. The number of morpholine rings is 1. The SMILES string of the molecule is N#Cc1ccc(F)c(-c2cnc(N3CC4(CC4)c4ccc(C(=O)N5CCOCC5)cc43)nc2)c1. The first-order valence-corrected chi connectivity index (χ1v) is 11.4. The van der Waals surface area contributed by atoms with Crippen molar-refractivity contribution in [1.29, 1.82) is 5.26 Å². The third kappa shape index (κ3) is 3.40. The van der Waals surface area contributed by atoms with Crippen molar-refractivity contribution in [3.8, 4) is 17.2 Å². The molecule has 1 aliphatic carbocycles. The number of hydrogen-bond donors (Lipinski definition) is 0. The lowest BCUT2D eigenvalue weighted by Crippen LogP contribution is -2.40. The number of carbonyl (C=O) groups excluding carboxylic acids is 1. The van der Waals surface area contributed by atoms with Gasteiger partial charge in [-0.3, -0.25) is 4.79 Å². The van der Waals surface area contributed by atoms with Crippen molar-refractivity contribution in [3.63, 3.8) is 0 Å². The number of ether oxygens (including phenoxy) is 1. The molecule has 8 heteroatoms. The van der Waals surface area contributed by atoms with Crippen molar-refractivity contribution in [2.24, 2.45) is 0 Å². The first-order chi connectivity index (χ1) is 16.6. The minimum absolute atomic E-state index is 0.00640. The number of hydrogen-bond acceptors (Lipinski definition) is 6. The Morgan fingerprint density at radius 3 is 2.56 bits per heavy atom. The first kappa shape index (κ1) is 20.8. The van der Waals surface area contributed by atoms with E-state index in [0.717, 1.165) is 25.1 Å². The van der Waals surface area contributed by atoms with Gasteiger partial charge in [0.15, 0.2) is 0 Å². The maximum Gasteiger partial charge on any atom is 0.254 e. The van der Waals surface area contributed by atoms with Gasteiger partial charge in [-0.15, -0.1) is 0 Å². The fourth-order valence-corrected chi connectivity index (χ4v) is 4.93. The van der Waals surface area contributed by atoms with E-state index >= 15 is 0 Å². The van der Waals surface area contributed by atoms with Crippen molar-refractivity contribution in [2.75, 3.05) is 37.7 Å². The number of carbonyl (C=O) groups is 1. The molecule has 0 radical (unpaired) electrons. The van der Waals surface area contributed by atoms with Gasteiger partial charge < -0.3 is 14.5 Å². The Hall–Kier alpha value is -3.83. The zero-order valence-electron chi connectivity index (χ0n) is 18.5. The molecule has 170 valence electrons. The molecule has 0 N–H and O–H groups in total. The summed E-state index contributed by atoms with van der Waals surface area (Å²) in [4.78, 5) is 26.0. The second-order valence-corrected chi connectivity index (χ2v) is 9.08. The van der Waals surface area contributed by atoms with Crippen LogP contribution < -0.4 is 4.90 Å². The lowest BCUT2D eigenvalue weighted by Gasteiger charge is -2.27. The van der Waals surface area contributed by atoms with Gasteiger partial charge in [-0.2, -0.15) is 5.26 Å². The van der Waals surface area contributed by atoms with E-state index in [1.807, 2.05) is 23.1 Å². The Morgan fingerprint density at radius 2 is 1.85 bits per heavy atom. The van der Waals surface area contributed by atoms with Gasteiger partial charge in [-0.1, -0.05) is 6.07 Å². The van der Waals surface area contributed by atoms with Crippen LogP contribution in [0.15, 0.2) is 48.8 Å². The molecule has 34 heavy (non-hydrogen) atoms. The zero-order chi connectivity index (χ0) is 23.3. The van der Waals surface area contributed by atoms with Crippen molar-refractivity contribution >= 4 is 17.5 Å². The van der Waals surface area contributed by atoms with Crippen molar-refractivity contribution in [1.82, 2.24) is 14.9 Å². The lowest BCUT2D eigenvalue weighted by atomic mass is 9.97. The van der Waals surface area contributed by atoms with Gasteiger partial charge in [0.25, 0.3) is 5.91 Å². The normalized spacial score (nSPS) is 18.0. The fraction of sp³-hybridized carbons (Fsp3) is 0.308. The number of anilines is 2.